The van der Waals surface area contributed by atoms with Crippen molar-refractivity contribution in [3.63, 3.8) is 0 Å². The molecule has 0 amide bonds. The minimum atomic E-state index is 0. The molecule has 0 radical (unpaired) electrons. The Balaban J connectivity index is 0. The molecule has 0 aromatic carbocycles. The van der Waals surface area contributed by atoms with E-state index in [9.17, 15) is 4.79 Å². The monoisotopic (exact) mass is 395 g/mol. The van der Waals surface area contributed by atoms with E-state index in [1.165, 1.54) is 0 Å². The smallest absolute Gasteiger partial charge is 0.160 e. The van der Waals surface area contributed by atoms with Crippen molar-refractivity contribution < 1.29 is 25.9 Å². The van der Waals surface area contributed by atoms with E-state index in [-0.39, 0.29) is 21.1 Å². The summed E-state index contributed by atoms with van der Waals surface area (Å²) in [6.45, 7) is 0. The fraction of sp³-hybridized carbons (Fsp3) is 0. The van der Waals surface area contributed by atoms with Crippen molar-refractivity contribution in [3.8, 4) is 0 Å². The molecule has 0 aliphatic carbocycles. The first-order chi connectivity index (χ1) is 2.27. The van der Waals surface area contributed by atoms with Crippen molar-refractivity contribution in [2.24, 2.45) is 0 Å². The molecule has 0 bridgehead atoms. The Kier molecular flexibility index (Phi) is 10.7. The van der Waals surface area contributed by atoms with E-state index in [1.807, 2.05) is 22.6 Å². The molecule has 0 rings (SSSR count). The Morgan fingerprint density at radius 1 is 1.83 bits per heavy atom. The average molecular weight is 395 g/mol. The summed E-state index contributed by atoms with van der Waals surface area (Å²) in [5, 5.41) is 0. The first kappa shape index (κ1) is 10.3. The van der Waals surface area contributed by atoms with Gasteiger partial charge in [-0.05, 0) is 22.6 Å². The Hall–Kier alpha value is 1.26. The second-order valence-electron chi connectivity index (χ2n) is 0.466. The third-order valence-electron chi connectivity index (χ3n) is 0.103. The molecule has 0 atom stereocenters. The van der Waals surface area contributed by atoms with Gasteiger partial charge in [-0.2, -0.15) is 0 Å². The largest absolute Gasteiger partial charge is 0.297 e. The van der Waals surface area contributed by atoms with Crippen molar-refractivity contribution in [3.05, 3.63) is 0 Å². The van der Waals surface area contributed by atoms with Gasteiger partial charge in [-0.25, -0.2) is 0 Å². The van der Waals surface area contributed by atoms with E-state index in [2.05, 4.69) is 8.86 Å². The van der Waals surface area contributed by atoms with Gasteiger partial charge in [0.2, 0.25) is 0 Å². The van der Waals surface area contributed by atoms with Gasteiger partial charge in [0, 0.05) is 21.1 Å². The van der Waals surface area contributed by atoms with Crippen LogP contribution in [0.5, 0.6) is 0 Å². The van der Waals surface area contributed by atoms with Crippen LogP contribution >= 0.6 is 31.5 Å². The number of hydrogen-bond donors (Lipinski definition) is 0. The zero-order chi connectivity index (χ0) is 4.28. The first-order valence-electron chi connectivity index (χ1n) is 0.963. The summed E-state index contributed by atoms with van der Waals surface area (Å²) in [4.78, 5) is 9.41. The molecule has 0 heterocycles. The van der Waals surface area contributed by atoms with Crippen LogP contribution in [0.3, 0.4) is 0 Å². The number of aldehydes is 1. The molecule has 38 valence electrons. The zero-order valence-corrected chi connectivity index (χ0v) is 8.11. The molecule has 0 aromatic heterocycles. The van der Waals surface area contributed by atoms with E-state index in [0.29, 0.717) is 3.30 Å². The summed E-state index contributed by atoms with van der Waals surface area (Å²) in [7, 11) is 2.95. The van der Waals surface area contributed by atoms with E-state index in [1.54, 1.807) is 0 Å². The van der Waals surface area contributed by atoms with E-state index in [4.69, 9.17) is 0 Å². The topological polar surface area (TPSA) is 17.1 Å². The Labute approximate surface area is 66.5 Å². The van der Waals surface area contributed by atoms with E-state index in [0.717, 1.165) is 6.29 Å². The van der Waals surface area contributed by atoms with E-state index < -0.39 is 0 Å². The van der Waals surface area contributed by atoms with Crippen LogP contribution in [0.15, 0.2) is 0 Å². The third kappa shape index (κ3) is 8.98. The van der Waals surface area contributed by atoms with Gasteiger partial charge in [-0.3, -0.25) is 4.79 Å². The van der Waals surface area contributed by atoms with Gasteiger partial charge in [0.1, 0.15) is 0 Å². The summed E-state index contributed by atoms with van der Waals surface area (Å²) in [6, 6.07) is 0. The second-order valence-corrected chi connectivity index (χ2v) is 3.18. The summed E-state index contributed by atoms with van der Waals surface area (Å²) < 4.78 is 0.600. The fourth-order valence-electron chi connectivity index (χ4n) is 0. The normalized spacial score (nSPS) is 5.50. The molecule has 0 saturated carbocycles. The minimum Gasteiger partial charge on any atom is -0.297 e. The van der Waals surface area contributed by atoms with Crippen LogP contribution in [0.25, 0.3) is 0 Å². The first-order valence-corrected chi connectivity index (χ1v) is 2.54. The van der Waals surface area contributed by atoms with E-state index >= 15 is 0 Å². The molecule has 4 heteroatoms. The average Bonchev–Trinajstić information content (AvgIpc) is 1.38. The molecular weight excluding hydrogens is 393 g/mol. The molecule has 0 N–H and O–H groups in total. The van der Waals surface area contributed by atoms with Gasteiger partial charge in [0.25, 0.3) is 0 Å². The van der Waals surface area contributed by atoms with Crippen LogP contribution < -0.4 is 0 Å². The van der Waals surface area contributed by atoms with Crippen molar-refractivity contribution in [2.45, 2.75) is 0 Å². The predicted octanol–water partition coefficient (Wildman–Crippen LogP) is 0.891. The standard InChI is InChI=1S/C2H2IOP.Pt/c3-2(5)1-4;/h1,5H;. The predicted molar refractivity (Wildman–Crippen MR) is 33.4 cm³/mol. The molecule has 0 saturated heterocycles. The van der Waals surface area contributed by atoms with Crippen LogP contribution in [0.2, 0.25) is 0 Å². The minimum absolute atomic E-state index is 0. The molecule has 6 heavy (non-hydrogen) atoms. The quantitative estimate of drug-likeness (QED) is 0.367. The Morgan fingerprint density at radius 3 is 2.00 bits per heavy atom. The third-order valence-corrected chi connectivity index (χ3v) is 0.476. The number of halogens is 1. The summed E-state index contributed by atoms with van der Waals surface area (Å²) in [5.41, 5.74) is 0. The summed E-state index contributed by atoms with van der Waals surface area (Å²) >= 11 is 1.87. The van der Waals surface area contributed by atoms with Gasteiger partial charge >= 0.3 is 0 Å². The van der Waals surface area contributed by atoms with Crippen molar-refractivity contribution in [1.82, 2.24) is 0 Å². The van der Waals surface area contributed by atoms with Crippen LogP contribution in [0.4, 0.5) is 0 Å². The molecule has 0 spiro atoms. The van der Waals surface area contributed by atoms with Crippen LogP contribution in [0.1, 0.15) is 0 Å². The zero-order valence-electron chi connectivity index (χ0n) is 2.68. The maximum absolute atomic E-state index is 9.41. The van der Waals surface area contributed by atoms with Crippen molar-refractivity contribution in [1.29, 1.82) is 0 Å². The number of hydrogen-bond acceptors (Lipinski definition) is 1. The molecule has 0 aliphatic heterocycles. The van der Waals surface area contributed by atoms with Crippen LogP contribution in [0, 0.1) is 0 Å². The second kappa shape index (κ2) is 6.26. The molecular formula is C2H2IOPPt. The van der Waals surface area contributed by atoms with Gasteiger partial charge in [0.15, 0.2) is 6.29 Å². The van der Waals surface area contributed by atoms with Gasteiger partial charge in [-0.15, -0.1) is 8.86 Å². The van der Waals surface area contributed by atoms with Gasteiger partial charge in [0.05, 0.1) is 3.30 Å². The Bertz CT molecular complexity index is 64.6. The van der Waals surface area contributed by atoms with Gasteiger partial charge in [-0.1, -0.05) is 0 Å². The van der Waals surface area contributed by atoms with Gasteiger partial charge < -0.3 is 0 Å². The number of rotatable bonds is 1. The number of carbonyl (C=O) groups is 1. The van der Waals surface area contributed by atoms with Crippen molar-refractivity contribution in [2.75, 3.05) is 0 Å². The maximum Gasteiger partial charge on any atom is 0.160 e. The molecule has 0 aromatic rings. The summed E-state index contributed by atoms with van der Waals surface area (Å²) in [5.74, 6) is 0. The fourth-order valence-corrected chi connectivity index (χ4v) is 0. The van der Waals surface area contributed by atoms with Crippen molar-refractivity contribution >= 4 is 41.0 Å². The molecule has 0 fully saturated rings. The molecule has 0 unspecified atom stereocenters. The maximum atomic E-state index is 9.41. The van der Waals surface area contributed by atoms with Crippen LogP contribution in [-0.4, -0.2) is 9.59 Å². The number of carbonyl (C=O) groups excluding carboxylic acids is 1. The summed E-state index contributed by atoms with van der Waals surface area (Å²) in [6.07, 6.45) is 0.734. The molecule has 0 aliphatic rings. The molecule has 1 nitrogen and oxygen atoms in total. The SMILES string of the molecule is O=CC(=P)I.[Pt]. The van der Waals surface area contributed by atoms with Crippen LogP contribution in [-0.2, 0) is 25.9 Å². The Morgan fingerprint density at radius 2 is 2.00 bits per heavy atom.